The van der Waals surface area contributed by atoms with Gasteiger partial charge in [0.05, 0.1) is 18.8 Å². The van der Waals surface area contributed by atoms with Crippen molar-refractivity contribution in [3.8, 4) is 0 Å². The smallest absolute Gasteiger partial charge is 0.387 e. The van der Waals surface area contributed by atoms with Crippen LogP contribution < -0.4 is 5.32 Å². The number of phosphoric ester groups is 1. The molecule has 0 fully saturated rings. The van der Waals surface area contributed by atoms with Crippen LogP contribution in [0.15, 0.2) is 12.2 Å². The molecule has 0 aliphatic rings. The zero-order valence-electron chi connectivity index (χ0n) is 32.4. The van der Waals surface area contributed by atoms with E-state index >= 15 is 0 Å². The molecule has 0 radical (unpaired) electrons. The summed E-state index contributed by atoms with van der Waals surface area (Å²) in [5, 5.41) is 13.3. The van der Waals surface area contributed by atoms with Gasteiger partial charge in [-0.25, -0.2) is 4.57 Å². The molecule has 2 atom stereocenters. The molecular formula is C41H82NO6P. The number of hydrogen-bond acceptors (Lipinski definition) is 4. The minimum atomic E-state index is -4.70. The van der Waals surface area contributed by atoms with Crippen LogP contribution in [0.1, 0.15) is 226 Å². The van der Waals surface area contributed by atoms with Crippen molar-refractivity contribution in [2.24, 2.45) is 0 Å². The number of hydrogen-bond donors (Lipinski definition) is 4. The molecule has 0 aromatic rings. The molecule has 0 unspecified atom stereocenters. The summed E-state index contributed by atoms with van der Waals surface area (Å²) < 4.78 is 15.9. The van der Waals surface area contributed by atoms with Crippen molar-refractivity contribution >= 4 is 13.7 Å². The molecule has 0 saturated carbocycles. The standard InChI is InChI=1S/C41H82NO6P/c1-3-5-7-9-11-13-15-16-17-18-19-20-21-22-23-24-25-26-27-29-31-33-35-37-41(44)42-39(38-48-49(45,46)47)40(43)36-34-32-30-28-14-12-10-8-6-4-2/h34,36,39-40,43H,3-33,35,37-38H2,1-2H3,(H,42,44)(H2,45,46,47)/b36-34+/t39-,40+/m0/s1. The number of carbonyl (C=O) groups is 1. The van der Waals surface area contributed by atoms with Gasteiger partial charge in [0.25, 0.3) is 0 Å². The molecular weight excluding hydrogens is 633 g/mol. The van der Waals surface area contributed by atoms with Crippen molar-refractivity contribution in [3.05, 3.63) is 12.2 Å². The number of aliphatic hydroxyl groups excluding tert-OH is 1. The lowest BCUT2D eigenvalue weighted by molar-refractivity contribution is -0.123. The number of unbranched alkanes of at least 4 members (excludes halogenated alkanes) is 30. The number of rotatable bonds is 39. The second-order valence-electron chi connectivity index (χ2n) is 14.7. The zero-order valence-corrected chi connectivity index (χ0v) is 33.3. The summed E-state index contributed by atoms with van der Waals surface area (Å²) in [5.41, 5.74) is 0. The first-order valence-electron chi connectivity index (χ1n) is 21.1. The van der Waals surface area contributed by atoms with Gasteiger partial charge in [-0.3, -0.25) is 9.32 Å². The topological polar surface area (TPSA) is 116 Å². The van der Waals surface area contributed by atoms with E-state index in [1.165, 1.54) is 167 Å². The average Bonchev–Trinajstić information content (AvgIpc) is 3.07. The van der Waals surface area contributed by atoms with Crippen LogP contribution in [0.3, 0.4) is 0 Å². The number of amides is 1. The molecule has 0 aliphatic heterocycles. The summed E-state index contributed by atoms with van der Waals surface area (Å²) in [4.78, 5) is 30.8. The Morgan fingerprint density at radius 2 is 0.898 bits per heavy atom. The number of carbonyl (C=O) groups excluding carboxylic acids is 1. The first kappa shape index (κ1) is 48.3. The van der Waals surface area contributed by atoms with Gasteiger partial charge in [-0.2, -0.15) is 0 Å². The highest BCUT2D eigenvalue weighted by atomic mass is 31.2. The van der Waals surface area contributed by atoms with Gasteiger partial charge in [0.2, 0.25) is 5.91 Å². The van der Waals surface area contributed by atoms with E-state index in [1.807, 2.05) is 6.08 Å². The van der Waals surface area contributed by atoms with Crippen molar-refractivity contribution in [3.63, 3.8) is 0 Å². The van der Waals surface area contributed by atoms with E-state index in [4.69, 9.17) is 9.79 Å². The maximum absolute atomic E-state index is 12.5. The lowest BCUT2D eigenvalue weighted by Gasteiger charge is -2.22. The van der Waals surface area contributed by atoms with Gasteiger partial charge in [0.15, 0.2) is 0 Å². The third-order valence-corrected chi connectivity index (χ3v) is 10.2. The molecule has 8 heteroatoms. The number of phosphoric acid groups is 1. The quantitative estimate of drug-likeness (QED) is 0.0286. The van der Waals surface area contributed by atoms with E-state index in [-0.39, 0.29) is 5.91 Å². The van der Waals surface area contributed by atoms with Crippen molar-refractivity contribution in [1.29, 1.82) is 0 Å². The molecule has 0 rings (SSSR count). The maximum atomic E-state index is 12.5. The summed E-state index contributed by atoms with van der Waals surface area (Å²) in [6, 6.07) is -0.903. The van der Waals surface area contributed by atoms with Crippen LogP contribution in [-0.4, -0.2) is 39.6 Å². The lowest BCUT2D eigenvalue weighted by atomic mass is 10.0. The molecule has 0 spiro atoms. The average molecular weight is 716 g/mol. The maximum Gasteiger partial charge on any atom is 0.469 e. The summed E-state index contributed by atoms with van der Waals surface area (Å²) in [5.74, 6) is -0.224. The molecule has 0 aromatic heterocycles. The third kappa shape index (κ3) is 38.3. The Balaban J connectivity index is 3.80. The number of nitrogens with one attached hydrogen (secondary N) is 1. The largest absolute Gasteiger partial charge is 0.469 e. The van der Waals surface area contributed by atoms with E-state index in [9.17, 15) is 14.5 Å². The molecule has 7 nitrogen and oxygen atoms in total. The highest BCUT2D eigenvalue weighted by Gasteiger charge is 2.24. The molecule has 0 bridgehead atoms. The Hall–Kier alpha value is -0.720. The van der Waals surface area contributed by atoms with Gasteiger partial charge in [-0.05, 0) is 19.3 Å². The first-order chi connectivity index (χ1) is 23.8. The van der Waals surface area contributed by atoms with Crippen molar-refractivity contribution in [2.75, 3.05) is 6.61 Å². The Labute approximate surface area is 303 Å². The molecule has 0 aromatic carbocycles. The molecule has 1 amide bonds. The third-order valence-electron chi connectivity index (χ3n) is 9.75. The van der Waals surface area contributed by atoms with Crippen LogP contribution in [0, 0.1) is 0 Å². The highest BCUT2D eigenvalue weighted by Crippen LogP contribution is 2.35. The fraction of sp³-hybridized carbons (Fsp3) is 0.927. The second kappa shape index (κ2) is 37.1. The van der Waals surface area contributed by atoms with Crippen LogP contribution in [0.2, 0.25) is 0 Å². The summed E-state index contributed by atoms with van der Waals surface area (Å²) >= 11 is 0. The molecule has 49 heavy (non-hydrogen) atoms. The van der Waals surface area contributed by atoms with E-state index in [0.717, 1.165) is 38.5 Å². The van der Waals surface area contributed by atoms with Crippen LogP contribution in [-0.2, 0) is 13.9 Å². The number of aliphatic hydroxyl groups is 1. The minimum absolute atomic E-state index is 0.224. The monoisotopic (exact) mass is 716 g/mol. The minimum Gasteiger partial charge on any atom is -0.387 e. The summed E-state index contributed by atoms with van der Waals surface area (Å²) in [6.45, 7) is 4.06. The van der Waals surface area contributed by atoms with Crippen LogP contribution in [0.5, 0.6) is 0 Å². The fourth-order valence-corrected chi connectivity index (χ4v) is 6.87. The lowest BCUT2D eigenvalue weighted by Crippen LogP contribution is -2.45. The fourth-order valence-electron chi connectivity index (χ4n) is 6.52. The van der Waals surface area contributed by atoms with Crippen molar-refractivity contribution in [2.45, 2.75) is 238 Å². The molecule has 0 saturated heterocycles. The molecule has 4 N–H and O–H groups in total. The van der Waals surface area contributed by atoms with E-state index < -0.39 is 26.6 Å². The normalized spacial score (nSPS) is 13.3. The Kier molecular flexibility index (Phi) is 36.5. The van der Waals surface area contributed by atoms with Gasteiger partial charge in [-0.15, -0.1) is 0 Å². The van der Waals surface area contributed by atoms with Crippen LogP contribution in [0.4, 0.5) is 0 Å². The second-order valence-corrected chi connectivity index (χ2v) is 15.9. The summed E-state index contributed by atoms with van der Waals surface area (Å²) in [7, 11) is -4.70. The van der Waals surface area contributed by atoms with E-state index in [1.54, 1.807) is 6.08 Å². The zero-order chi connectivity index (χ0) is 36.1. The Bertz CT molecular complexity index is 773. The Morgan fingerprint density at radius 1 is 0.571 bits per heavy atom. The number of allylic oxidation sites excluding steroid dienone is 1. The van der Waals surface area contributed by atoms with Gasteiger partial charge < -0.3 is 20.2 Å². The highest BCUT2D eigenvalue weighted by molar-refractivity contribution is 7.46. The summed E-state index contributed by atoms with van der Waals surface area (Å²) in [6.07, 6.45) is 43.9. The van der Waals surface area contributed by atoms with Gasteiger partial charge >= 0.3 is 7.82 Å². The van der Waals surface area contributed by atoms with E-state index in [0.29, 0.717) is 6.42 Å². The first-order valence-corrected chi connectivity index (χ1v) is 22.7. The van der Waals surface area contributed by atoms with Gasteiger partial charge in [-0.1, -0.05) is 212 Å². The van der Waals surface area contributed by atoms with Gasteiger partial charge in [0, 0.05) is 6.42 Å². The van der Waals surface area contributed by atoms with Crippen LogP contribution in [0.25, 0.3) is 0 Å². The van der Waals surface area contributed by atoms with Gasteiger partial charge in [0.1, 0.15) is 0 Å². The molecule has 0 heterocycles. The SMILES string of the molecule is CCCCCCCCCC/C=C/[C@@H](O)[C@H](COP(=O)(O)O)NC(=O)CCCCCCCCCCCCCCCCCCCCCCCCC. The molecule has 292 valence electrons. The van der Waals surface area contributed by atoms with Crippen molar-refractivity contribution < 1.29 is 28.8 Å². The van der Waals surface area contributed by atoms with Crippen LogP contribution >= 0.6 is 7.82 Å². The van der Waals surface area contributed by atoms with Crippen molar-refractivity contribution in [1.82, 2.24) is 5.32 Å². The predicted octanol–water partition coefficient (Wildman–Crippen LogP) is 12.4. The molecule has 0 aliphatic carbocycles. The predicted molar refractivity (Wildman–Crippen MR) is 209 cm³/mol. The van der Waals surface area contributed by atoms with E-state index in [2.05, 4.69) is 23.7 Å². The Morgan fingerprint density at radius 3 is 1.24 bits per heavy atom.